The summed E-state index contributed by atoms with van der Waals surface area (Å²) in [6.45, 7) is 2.60. The second kappa shape index (κ2) is 7.09. The predicted molar refractivity (Wildman–Crippen MR) is 104 cm³/mol. The minimum Gasteiger partial charge on any atom is -0.346 e. The van der Waals surface area contributed by atoms with Gasteiger partial charge in [0.2, 0.25) is 0 Å². The van der Waals surface area contributed by atoms with E-state index in [4.69, 9.17) is 0 Å². The Kier molecular flexibility index (Phi) is 4.41. The normalized spacial score (nSPS) is 18.2. The summed E-state index contributed by atoms with van der Waals surface area (Å²) in [7, 11) is 0. The van der Waals surface area contributed by atoms with Gasteiger partial charge in [0.15, 0.2) is 5.69 Å². The van der Waals surface area contributed by atoms with Crippen molar-refractivity contribution in [3.8, 4) is 5.69 Å². The van der Waals surface area contributed by atoms with Gasteiger partial charge >= 0.3 is 0 Å². The minimum absolute atomic E-state index is 0.0169. The molecule has 1 unspecified atom stereocenters. The number of carbonyl (C=O) groups excluding carboxylic acids is 1. The summed E-state index contributed by atoms with van der Waals surface area (Å²) in [4.78, 5) is 13.1. The first-order valence-corrected chi connectivity index (χ1v) is 10.2. The zero-order valence-corrected chi connectivity index (χ0v) is 16.4. The highest BCUT2D eigenvalue weighted by molar-refractivity contribution is 5.94. The van der Waals surface area contributed by atoms with Crippen LogP contribution in [0.4, 0.5) is 4.39 Å². The molecule has 0 saturated heterocycles. The number of amides is 1. The van der Waals surface area contributed by atoms with E-state index in [9.17, 15) is 9.18 Å². The van der Waals surface area contributed by atoms with E-state index in [1.165, 1.54) is 12.1 Å². The first-order chi connectivity index (χ1) is 14.1. The Morgan fingerprint density at radius 2 is 2.07 bits per heavy atom. The number of benzene rings is 1. The van der Waals surface area contributed by atoms with Crippen LogP contribution in [-0.2, 0) is 25.8 Å². The van der Waals surface area contributed by atoms with Crippen molar-refractivity contribution < 1.29 is 9.18 Å². The molecule has 0 fully saturated rings. The van der Waals surface area contributed by atoms with Crippen LogP contribution in [0, 0.1) is 12.7 Å². The SMILES string of the molecule is Cc1nnc2n1CC(NC(=O)c1nn(-c3cccc(F)c3)c3c1CCCC3)CC2. The van der Waals surface area contributed by atoms with Gasteiger partial charge in [0.25, 0.3) is 5.91 Å². The molecule has 1 amide bonds. The lowest BCUT2D eigenvalue weighted by molar-refractivity contribution is 0.0920. The first kappa shape index (κ1) is 18.0. The second-order valence-corrected chi connectivity index (χ2v) is 7.86. The zero-order chi connectivity index (χ0) is 20.0. The smallest absolute Gasteiger partial charge is 0.272 e. The van der Waals surface area contributed by atoms with Gasteiger partial charge in [-0.2, -0.15) is 5.10 Å². The lowest BCUT2D eigenvalue weighted by Gasteiger charge is -2.24. The Balaban J connectivity index is 1.43. The number of hydrogen-bond donors (Lipinski definition) is 1. The van der Waals surface area contributed by atoms with Gasteiger partial charge in [-0.3, -0.25) is 4.79 Å². The summed E-state index contributed by atoms with van der Waals surface area (Å²) < 4.78 is 17.6. The molecule has 0 radical (unpaired) electrons. The quantitative estimate of drug-likeness (QED) is 0.741. The molecule has 0 spiro atoms. The van der Waals surface area contributed by atoms with E-state index in [1.54, 1.807) is 10.7 Å². The zero-order valence-electron chi connectivity index (χ0n) is 16.4. The molecule has 0 saturated carbocycles. The van der Waals surface area contributed by atoms with Gasteiger partial charge in [-0.25, -0.2) is 9.07 Å². The van der Waals surface area contributed by atoms with E-state index in [0.29, 0.717) is 17.9 Å². The molecule has 2 aromatic heterocycles. The van der Waals surface area contributed by atoms with Crippen molar-refractivity contribution in [2.75, 3.05) is 0 Å². The Morgan fingerprint density at radius 1 is 1.21 bits per heavy atom. The fourth-order valence-corrected chi connectivity index (χ4v) is 4.44. The third kappa shape index (κ3) is 3.22. The van der Waals surface area contributed by atoms with Crippen LogP contribution >= 0.6 is 0 Å². The average Bonchev–Trinajstić information content (AvgIpc) is 3.29. The van der Waals surface area contributed by atoms with Crippen LogP contribution in [0.2, 0.25) is 0 Å². The van der Waals surface area contributed by atoms with Gasteiger partial charge in [-0.15, -0.1) is 10.2 Å². The van der Waals surface area contributed by atoms with E-state index >= 15 is 0 Å². The molecule has 7 nitrogen and oxygen atoms in total. The van der Waals surface area contributed by atoms with Gasteiger partial charge in [-0.1, -0.05) is 6.07 Å². The molecule has 0 bridgehead atoms. The molecule has 1 aliphatic carbocycles. The third-order valence-electron chi connectivity index (χ3n) is 5.92. The molecule has 1 aromatic carbocycles. The fraction of sp³-hybridized carbons (Fsp3) is 0.429. The maximum atomic E-state index is 13.8. The number of aromatic nitrogens is 5. The number of rotatable bonds is 3. The maximum absolute atomic E-state index is 13.8. The topological polar surface area (TPSA) is 77.6 Å². The largest absolute Gasteiger partial charge is 0.346 e. The second-order valence-electron chi connectivity index (χ2n) is 7.86. The van der Waals surface area contributed by atoms with Gasteiger partial charge in [0.1, 0.15) is 17.5 Å². The Bertz CT molecular complexity index is 1090. The van der Waals surface area contributed by atoms with Crippen LogP contribution in [-0.4, -0.2) is 36.5 Å². The molecule has 8 heteroatoms. The summed E-state index contributed by atoms with van der Waals surface area (Å²) >= 11 is 0. The highest BCUT2D eigenvalue weighted by Crippen LogP contribution is 2.27. The average molecular weight is 394 g/mol. The molecule has 3 aromatic rings. The van der Waals surface area contributed by atoms with Crippen LogP contribution in [0.5, 0.6) is 0 Å². The van der Waals surface area contributed by atoms with Crippen molar-refractivity contribution >= 4 is 5.91 Å². The van der Waals surface area contributed by atoms with Crippen molar-refractivity contribution in [1.29, 1.82) is 0 Å². The van der Waals surface area contributed by atoms with E-state index in [0.717, 1.165) is 61.4 Å². The highest BCUT2D eigenvalue weighted by Gasteiger charge is 2.28. The van der Waals surface area contributed by atoms with Crippen molar-refractivity contribution in [1.82, 2.24) is 29.9 Å². The van der Waals surface area contributed by atoms with E-state index < -0.39 is 0 Å². The molecule has 1 N–H and O–H groups in total. The molecule has 3 heterocycles. The number of carbonyl (C=O) groups is 1. The molecule has 5 rings (SSSR count). The minimum atomic E-state index is -0.309. The van der Waals surface area contributed by atoms with Crippen LogP contribution in [0.25, 0.3) is 5.69 Å². The van der Waals surface area contributed by atoms with E-state index in [1.807, 2.05) is 13.0 Å². The summed E-state index contributed by atoms with van der Waals surface area (Å²) in [5.41, 5.74) is 3.14. The van der Waals surface area contributed by atoms with Crippen LogP contribution in [0.3, 0.4) is 0 Å². The molecule has 2 aliphatic rings. The van der Waals surface area contributed by atoms with Crippen molar-refractivity contribution in [2.45, 2.75) is 58.0 Å². The molecule has 29 heavy (non-hydrogen) atoms. The number of aryl methyl sites for hydroxylation is 2. The van der Waals surface area contributed by atoms with Gasteiger partial charge in [-0.05, 0) is 57.2 Å². The van der Waals surface area contributed by atoms with Gasteiger partial charge < -0.3 is 9.88 Å². The summed E-state index contributed by atoms with van der Waals surface area (Å²) in [5, 5.41) is 16.1. The number of halogens is 1. The Labute approximate surface area is 167 Å². The monoisotopic (exact) mass is 394 g/mol. The van der Waals surface area contributed by atoms with Crippen molar-refractivity contribution in [2.24, 2.45) is 0 Å². The lowest BCUT2D eigenvalue weighted by Crippen LogP contribution is -2.41. The van der Waals surface area contributed by atoms with Crippen molar-refractivity contribution in [3.63, 3.8) is 0 Å². The molecular formula is C21H23FN6O. The predicted octanol–water partition coefficient (Wildman–Crippen LogP) is 2.53. The third-order valence-corrected chi connectivity index (χ3v) is 5.92. The summed E-state index contributed by atoms with van der Waals surface area (Å²) in [6.07, 6.45) is 5.38. The van der Waals surface area contributed by atoms with Crippen LogP contribution in [0.15, 0.2) is 24.3 Å². The molecule has 150 valence electrons. The fourth-order valence-electron chi connectivity index (χ4n) is 4.44. The summed E-state index contributed by atoms with van der Waals surface area (Å²) in [6, 6.07) is 6.38. The Morgan fingerprint density at radius 3 is 2.93 bits per heavy atom. The van der Waals surface area contributed by atoms with Crippen LogP contribution < -0.4 is 5.32 Å². The molecule has 1 aliphatic heterocycles. The highest BCUT2D eigenvalue weighted by atomic mass is 19.1. The molecular weight excluding hydrogens is 371 g/mol. The Hall–Kier alpha value is -3.03. The maximum Gasteiger partial charge on any atom is 0.272 e. The van der Waals surface area contributed by atoms with E-state index in [-0.39, 0.29) is 17.8 Å². The summed E-state index contributed by atoms with van der Waals surface area (Å²) in [5.74, 6) is 1.38. The molecule has 1 atom stereocenters. The van der Waals surface area contributed by atoms with E-state index in [2.05, 4.69) is 25.2 Å². The van der Waals surface area contributed by atoms with Crippen molar-refractivity contribution in [3.05, 3.63) is 58.7 Å². The first-order valence-electron chi connectivity index (χ1n) is 10.2. The number of nitrogens with zero attached hydrogens (tertiary/aromatic N) is 5. The van der Waals surface area contributed by atoms with Gasteiger partial charge in [0.05, 0.1) is 5.69 Å². The van der Waals surface area contributed by atoms with Crippen LogP contribution in [0.1, 0.15) is 52.7 Å². The number of nitrogens with one attached hydrogen (secondary N) is 1. The van der Waals surface area contributed by atoms with Gasteiger partial charge in [0, 0.05) is 30.3 Å². The number of hydrogen-bond acceptors (Lipinski definition) is 4. The number of fused-ring (bicyclic) bond motifs is 2. The lowest BCUT2D eigenvalue weighted by atomic mass is 9.95. The standard InChI is InChI=1S/C21H23FN6O/c1-13-24-25-19-10-9-15(12-27(13)19)23-21(29)20-17-7-2-3-8-18(17)28(26-20)16-6-4-5-14(22)11-16/h4-6,11,15H,2-3,7-10,12H2,1H3,(H,23,29).